The van der Waals surface area contributed by atoms with Crippen molar-refractivity contribution in [3.8, 4) is 11.1 Å². The molecular formula is C18H21NO. The van der Waals surface area contributed by atoms with Gasteiger partial charge in [-0.25, -0.2) is 0 Å². The lowest BCUT2D eigenvalue weighted by Crippen LogP contribution is -1.88. The highest BCUT2D eigenvalue weighted by molar-refractivity contribution is 5.63. The molecule has 2 nitrogen and oxygen atoms in total. The Balaban J connectivity index is 1.92. The minimum Gasteiger partial charge on any atom is -0.391 e. The van der Waals surface area contributed by atoms with E-state index in [1.54, 1.807) is 0 Å². The number of hydrogen-bond donors (Lipinski definition) is 0. The highest BCUT2D eigenvalue weighted by atomic mass is 16.6. The summed E-state index contributed by atoms with van der Waals surface area (Å²) in [6.45, 7) is 2.69. The first-order valence-corrected chi connectivity index (χ1v) is 7.18. The Morgan fingerprint density at radius 2 is 1.80 bits per heavy atom. The molecule has 20 heavy (non-hydrogen) atoms. The van der Waals surface area contributed by atoms with Crippen molar-refractivity contribution in [2.45, 2.75) is 32.8 Å². The lowest BCUT2D eigenvalue weighted by Gasteiger charge is -2.04. The van der Waals surface area contributed by atoms with Crippen molar-refractivity contribution in [1.29, 1.82) is 0 Å². The molecular weight excluding hydrogens is 246 g/mol. The van der Waals surface area contributed by atoms with Gasteiger partial charge in [-0.1, -0.05) is 67.0 Å². The van der Waals surface area contributed by atoms with Gasteiger partial charge < -0.3 is 4.84 Å². The Hall–Kier alpha value is -2.09. The molecule has 0 aliphatic heterocycles. The SMILES string of the molecule is CCCCC=NOCc1cccc(-c2ccccc2)c1. The number of oxime groups is 1. The van der Waals surface area contributed by atoms with Crippen LogP contribution in [0.2, 0.25) is 0 Å². The van der Waals surface area contributed by atoms with Crippen LogP contribution in [0.1, 0.15) is 31.7 Å². The van der Waals surface area contributed by atoms with E-state index in [1.165, 1.54) is 17.5 Å². The topological polar surface area (TPSA) is 21.6 Å². The highest BCUT2D eigenvalue weighted by Crippen LogP contribution is 2.20. The predicted octanol–water partition coefficient (Wildman–Crippen LogP) is 5.05. The zero-order chi connectivity index (χ0) is 14.0. The zero-order valence-corrected chi connectivity index (χ0v) is 12.0. The predicted molar refractivity (Wildman–Crippen MR) is 84.7 cm³/mol. The normalized spacial score (nSPS) is 10.8. The van der Waals surface area contributed by atoms with Crippen LogP contribution in [0.3, 0.4) is 0 Å². The van der Waals surface area contributed by atoms with Crippen LogP contribution in [0.5, 0.6) is 0 Å². The van der Waals surface area contributed by atoms with Crippen LogP contribution in [0.25, 0.3) is 11.1 Å². The van der Waals surface area contributed by atoms with Crippen molar-refractivity contribution >= 4 is 6.21 Å². The van der Waals surface area contributed by atoms with Gasteiger partial charge in [0.1, 0.15) is 6.61 Å². The van der Waals surface area contributed by atoms with Gasteiger partial charge in [-0.2, -0.15) is 0 Å². The number of nitrogens with zero attached hydrogens (tertiary/aromatic N) is 1. The van der Waals surface area contributed by atoms with E-state index in [-0.39, 0.29) is 0 Å². The van der Waals surface area contributed by atoms with E-state index in [0.29, 0.717) is 6.61 Å². The largest absolute Gasteiger partial charge is 0.391 e. The number of rotatable bonds is 7. The summed E-state index contributed by atoms with van der Waals surface area (Å²) in [5.41, 5.74) is 3.57. The summed E-state index contributed by atoms with van der Waals surface area (Å²) in [5.74, 6) is 0. The third kappa shape index (κ3) is 4.54. The lowest BCUT2D eigenvalue weighted by molar-refractivity contribution is 0.131. The molecule has 2 aromatic rings. The molecule has 0 bridgehead atoms. The quantitative estimate of drug-likeness (QED) is 0.391. The second-order valence-electron chi connectivity index (χ2n) is 4.77. The van der Waals surface area contributed by atoms with Gasteiger partial charge >= 0.3 is 0 Å². The number of hydrogen-bond acceptors (Lipinski definition) is 2. The number of unbranched alkanes of at least 4 members (excludes halogenated alkanes) is 2. The van der Waals surface area contributed by atoms with Crippen LogP contribution in [0.4, 0.5) is 0 Å². The minimum absolute atomic E-state index is 0.517. The van der Waals surface area contributed by atoms with Crippen molar-refractivity contribution in [3.05, 3.63) is 60.2 Å². The van der Waals surface area contributed by atoms with E-state index >= 15 is 0 Å². The van der Waals surface area contributed by atoms with Gasteiger partial charge in [0.15, 0.2) is 0 Å². The average molecular weight is 267 g/mol. The molecule has 0 aliphatic carbocycles. The van der Waals surface area contributed by atoms with Gasteiger partial charge in [0.05, 0.1) is 0 Å². The maximum absolute atomic E-state index is 5.33. The maximum atomic E-state index is 5.33. The molecule has 0 radical (unpaired) electrons. The molecule has 0 saturated heterocycles. The molecule has 0 heterocycles. The van der Waals surface area contributed by atoms with Crippen LogP contribution in [-0.2, 0) is 11.4 Å². The second-order valence-corrected chi connectivity index (χ2v) is 4.77. The first kappa shape index (κ1) is 14.3. The molecule has 104 valence electrons. The molecule has 0 amide bonds. The Morgan fingerprint density at radius 1 is 1.00 bits per heavy atom. The van der Waals surface area contributed by atoms with Gasteiger partial charge in [0.25, 0.3) is 0 Å². The highest BCUT2D eigenvalue weighted by Gasteiger charge is 1.98. The fourth-order valence-corrected chi connectivity index (χ4v) is 1.98. The van der Waals surface area contributed by atoms with Crippen molar-refractivity contribution in [1.82, 2.24) is 0 Å². The smallest absolute Gasteiger partial charge is 0.142 e. The van der Waals surface area contributed by atoms with E-state index in [4.69, 9.17) is 4.84 Å². The lowest BCUT2D eigenvalue weighted by atomic mass is 10.0. The first-order chi connectivity index (χ1) is 9.90. The molecule has 0 spiro atoms. The van der Waals surface area contributed by atoms with E-state index in [0.717, 1.165) is 18.4 Å². The van der Waals surface area contributed by atoms with Gasteiger partial charge in [-0.3, -0.25) is 0 Å². The molecule has 0 unspecified atom stereocenters. The third-order valence-electron chi connectivity index (χ3n) is 3.10. The summed E-state index contributed by atoms with van der Waals surface area (Å²) in [5, 5.41) is 3.98. The van der Waals surface area contributed by atoms with Crippen LogP contribution in [0.15, 0.2) is 59.8 Å². The van der Waals surface area contributed by atoms with Crippen LogP contribution >= 0.6 is 0 Å². The van der Waals surface area contributed by atoms with E-state index < -0.39 is 0 Å². The average Bonchev–Trinajstić information content (AvgIpc) is 2.52. The van der Waals surface area contributed by atoms with Crippen molar-refractivity contribution in [3.63, 3.8) is 0 Å². The Bertz CT molecular complexity index is 534. The summed E-state index contributed by atoms with van der Waals surface area (Å²) in [6.07, 6.45) is 5.19. The fourth-order valence-electron chi connectivity index (χ4n) is 1.98. The van der Waals surface area contributed by atoms with Crippen LogP contribution in [-0.4, -0.2) is 6.21 Å². The van der Waals surface area contributed by atoms with Crippen molar-refractivity contribution in [2.75, 3.05) is 0 Å². The zero-order valence-electron chi connectivity index (χ0n) is 12.0. The molecule has 0 fully saturated rings. The number of benzene rings is 2. The van der Waals surface area contributed by atoms with Gasteiger partial charge in [0.2, 0.25) is 0 Å². The summed E-state index contributed by atoms with van der Waals surface area (Å²) >= 11 is 0. The molecule has 2 aromatic carbocycles. The Kier molecular flexibility index (Phi) is 5.84. The molecule has 0 atom stereocenters. The summed E-state index contributed by atoms with van der Waals surface area (Å²) in [4.78, 5) is 5.33. The molecule has 2 heteroatoms. The summed E-state index contributed by atoms with van der Waals surface area (Å²) in [6, 6.07) is 18.7. The first-order valence-electron chi connectivity index (χ1n) is 7.18. The van der Waals surface area contributed by atoms with Crippen LogP contribution < -0.4 is 0 Å². The van der Waals surface area contributed by atoms with Gasteiger partial charge in [-0.05, 0) is 35.6 Å². The minimum atomic E-state index is 0.517. The van der Waals surface area contributed by atoms with Gasteiger partial charge in [0, 0.05) is 6.21 Å². The third-order valence-corrected chi connectivity index (χ3v) is 3.10. The van der Waals surface area contributed by atoms with E-state index in [9.17, 15) is 0 Å². The molecule has 0 saturated carbocycles. The van der Waals surface area contributed by atoms with Crippen molar-refractivity contribution in [2.24, 2.45) is 5.16 Å². The van der Waals surface area contributed by atoms with E-state index in [2.05, 4.69) is 60.6 Å². The fraction of sp³-hybridized carbons (Fsp3) is 0.278. The van der Waals surface area contributed by atoms with Gasteiger partial charge in [-0.15, -0.1) is 0 Å². The van der Waals surface area contributed by atoms with Crippen molar-refractivity contribution < 1.29 is 4.84 Å². The molecule has 0 N–H and O–H groups in total. The van der Waals surface area contributed by atoms with E-state index in [1.807, 2.05) is 12.3 Å². The standard InChI is InChI=1S/C18H21NO/c1-2-3-7-13-19-20-15-16-9-8-12-18(14-16)17-10-5-4-6-11-17/h4-6,8-14H,2-3,7,15H2,1H3. The molecule has 0 aliphatic rings. The summed E-state index contributed by atoms with van der Waals surface area (Å²) < 4.78 is 0. The van der Waals surface area contributed by atoms with Crippen LogP contribution in [0, 0.1) is 0 Å². The monoisotopic (exact) mass is 267 g/mol. The Morgan fingerprint density at radius 3 is 2.60 bits per heavy atom. The molecule has 2 rings (SSSR count). The maximum Gasteiger partial charge on any atom is 0.142 e. The summed E-state index contributed by atoms with van der Waals surface area (Å²) in [7, 11) is 0. The Labute approximate surface area is 121 Å². The second kappa shape index (κ2) is 8.16. The molecule has 0 aromatic heterocycles.